The van der Waals surface area contributed by atoms with E-state index in [9.17, 15) is 9.59 Å². The van der Waals surface area contributed by atoms with E-state index in [1.807, 2.05) is 5.32 Å². The summed E-state index contributed by atoms with van der Waals surface area (Å²) in [5, 5.41) is 20.3. The van der Waals surface area contributed by atoms with Crippen molar-refractivity contribution < 1.29 is 19.1 Å². The summed E-state index contributed by atoms with van der Waals surface area (Å²) in [5.74, 6) is -0.450. The number of carbonyl (C=O) groups excluding carboxylic acids is 2. The fraction of sp³-hybridized carbons (Fsp3) is 0.100. The van der Waals surface area contributed by atoms with Gasteiger partial charge in [0.15, 0.2) is 11.5 Å². The Kier molecular flexibility index (Phi) is 7.19. The van der Waals surface area contributed by atoms with Gasteiger partial charge in [0.2, 0.25) is 0 Å². The SMILES string of the molecule is COc1cc(/C=C(/C#N)C(=O)NC(N)=O)cc(Cl)c1OCc1ccccc1C#N. The van der Waals surface area contributed by atoms with Crippen LogP contribution in [-0.4, -0.2) is 19.0 Å². The second-order valence-electron chi connectivity index (χ2n) is 5.58. The third-order valence-corrected chi connectivity index (χ3v) is 3.96. The third-order valence-electron chi connectivity index (χ3n) is 3.67. The van der Waals surface area contributed by atoms with Crippen LogP contribution in [0.1, 0.15) is 16.7 Å². The molecule has 9 heteroatoms. The quantitative estimate of drug-likeness (QED) is 0.554. The lowest BCUT2D eigenvalue weighted by molar-refractivity contribution is -0.115. The summed E-state index contributed by atoms with van der Waals surface area (Å²) < 4.78 is 11.0. The maximum atomic E-state index is 11.8. The van der Waals surface area contributed by atoms with E-state index >= 15 is 0 Å². The summed E-state index contributed by atoms with van der Waals surface area (Å²) in [6, 6.07) is 12.6. The standard InChI is InChI=1S/C20H15ClN4O4/c1-28-17-8-12(6-15(10-23)19(26)25-20(24)27)7-16(21)18(17)29-11-14-5-3-2-4-13(14)9-22/h2-8H,11H2,1H3,(H3,24,25,26,27)/b15-6-. The van der Waals surface area contributed by atoms with E-state index in [-0.39, 0.29) is 28.7 Å². The molecule has 0 radical (unpaired) electrons. The molecule has 0 saturated carbocycles. The highest BCUT2D eigenvalue weighted by atomic mass is 35.5. The number of methoxy groups -OCH3 is 1. The number of nitrogens with one attached hydrogen (secondary N) is 1. The lowest BCUT2D eigenvalue weighted by Crippen LogP contribution is -2.35. The number of imide groups is 1. The highest BCUT2D eigenvalue weighted by Crippen LogP contribution is 2.37. The molecule has 29 heavy (non-hydrogen) atoms. The maximum Gasteiger partial charge on any atom is 0.319 e. The van der Waals surface area contributed by atoms with Crippen molar-refractivity contribution >= 4 is 29.6 Å². The molecule has 3 N–H and O–H groups in total. The second kappa shape index (κ2) is 9.79. The van der Waals surface area contributed by atoms with Gasteiger partial charge in [-0.2, -0.15) is 10.5 Å². The van der Waals surface area contributed by atoms with E-state index < -0.39 is 11.9 Å². The summed E-state index contributed by atoms with van der Waals surface area (Å²) in [4.78, 5) is 22.6. The zero-order valence-corrected chi connectivity index (χ0v) is 16.0. The molecule has 3 amide bonds. The number of nitriles is 2. The molecular weight excluding hydrogens is 396 g/mol. The van der Waals surface area contributed by atoms with Gasteiger partial charge in [0.25, 0.3) is 5.91 Å². The molecule has 0 aliphatic rings. The summed E-state index contributed by atoms with van der Waals surface area (Å²) in [6.45, 7) is 0.0828. The molecule has 0 aromatic heterocycles. The molecule has 0 saturated heterocycles. The Morgan fingerprint density at radius 1 is 1.28 bits per heavy atom. The molecule has 0 heterocycles. The van der Waals surface area contributed by atoms with Crippen molar-refractivity contribution in [3.05, 3.63) is 63.7 Å². The van der Waals surface area contributed by atoms with Gasteiger partial charge in [-0.1, -0.05) is 29.8 Å². The van der Waals surface area contributed by atoms with Gasteiger partial charge >= 0.3 is 6.03 Å². The Morgan fingerprint density at radius 3 is 2.62 bits per heavy atom. The Morgan fingerprint density at radius 2 is 2.00 bits per heavy atom. The number of rotatable bonds is 6. The Hall–Kier alpha value is -4.01. The lowest BCUT2D eigenvalue weighted by Gasteiger charge is -2.14. The van der Waals surface area contributed by atoms with Crippen molar-refractivity contribution in [1.29, 1.82) is 10.5 Å². The van der Waals surface area contributed by atoms with Gasteiger partial charge in [0.05, 0.1) is 23.8 Å². The van der Waals surface area contributed by atoms with Gasteiger partial charge in [-0.3, -0.25) is 10.1 Å². The number of amides is 3. The number of nitrogens with zero attached hydrogens (tertiary/aromatic N) is 2. The minimum absolute atomic E-state index is 0.0828. The van der Waals surface area contributed by atoms with E-state index in [0.29, 0.717) is 16.7 Å². The first-order chi connectivity index (χ1) is 13.9. The number of carbonyl (C=O) groups is 2. The summed E-state index contributed by atoms with van der Waals surface area (Å²) in [5.41, 5.74) is 6.05. The minimum Gasteiger partial charge on any atom is -0.493 e. The van der Waals surface area contributed by atoms with Crippen LogP contribution in [0, 0.1) is 22.7 Å². The molecular formula is C20H15ClN4O4. The normalized spacial score (nSPS) is 10.4. The molecule has 2 aromatic rings. The van der Waals surface area contributed by atoms with Gasteiger partial charge in [-0.05, 0) is 29.8 Å². The molecule has 0 bridgehead atoms. The van der Waals surface area contributed by atoms with E-state index in [2.05, 4.69) is 6.07 Å². The van der Waals surface area contributed by atoms with Crippen LogP contribution in [0.15, 0.2) is 42.0 Å². The van der Waals surface area contributed by atoms with E-state index in [1.165, 1.54) is 25.3 Å². The van der Waals surface area contributed by atoms with Gasteiger partial charge in [0, 0.05) is 5.56 Å². The molecule has 0 aliphatic carbocycles. The second-order valence-corrected chi connectivity index (χ2v) is 5.99. The number of benzene rings is 2. The fourth-order valence-corrected chi connectivity index (χ4v) is 2.64. The van der Waals surface area contributed by atoms with E-state index in [0.717, 1.165) is 0 Å². The van der Waals surface area contributed by atoms with Crippen LogP contribution in [0.3, 0.4) is 0 Å². The van der Waals surface area contributed by atoms with Crippen LogP contribution in [0.5, 0.6) is 11.5 Å². The van der Waals surface area contributed by atoms with Crippen LogP contribution >= 0.6 is 11.6 Å². The van der Waals surface area contributed by atoms with Crippen LogP contribution in [0.2, 0.25) is 5.02 Å². The summed E-state index contributed by atoms with van der Waals surface area (Å²) >= 11 is 6.29. The predicted octanol–water partition coefficient (Wildman–Crippen LogP) is 2.90. The van der Waals surface area contributed by atoms with E-state index in [1.54, 1.807) is 30.3 Å². The van der Waals surface area contributed by atoms with Crippen molar-refractivity contribution in [2.75, 3.05) is 7.11 Å². The van der Waals surface area contributed by atoms with Gasteiger partial charge in [-0.25, -0.2) is 4.79 Å². The van der Waals surface area contributed by atoms with Gasteiger partial charge in [-0.15, -0.1) is 0 Å². The monoisotopic (exact) mass is 410 g/mol. The van der Waals surface area contributed by atoms with Gasteiger partial charge in [0.1, 0.15) is 18.2 Å². The summed E-state index contributed by atoms with van der Waals surface area (Å²) in [6.07, 6.45) is 1.22. The molecule has 0 spiro atoms. The molecule has 2 aromatic carbocycles. The first-order valence-corrected chi connectivity index (χ1v) is 8.48. The van der Waals surface area contributed by atoms with Crippen LogP contribution in [0.4, 0.5) is 4.79 Å². The number of nitrogens with two attached hydrogens (primary N) is 1. The average Bonchev–Trinajstić information content (AvgIpc) is 2.70. The number of primary amides is 1. The molecule has 0 fully saturated rings. The van der Waals surface area contributed by atoms with Crippen molar-refractivity contribution in [2.45, 2.75) is 6.61 Å². The topological polar surface area (TPSA) is 138 Å². The largest absolute Gasteiger partial charge is 0.493 e. The number of hydrogen-bond donors (Lipinski definition) is 2. The number of halogens is 1. The molecule has 0 aliphatic heterocycles. The predicted molar refractivity (Wildman–Crippen MR) is 105 cm³/mol. The van der Waals surface area contributed by atoms with Crippen molar-refractivity contribution in [3.8, 4) is 23.6 Å². The maximum absolute atomic E-state index is 11.8. The zero-order chi connectivity index (χ0) is 21.4. The first kappa shape index (κ1) is 21.3. The van der Waals surface area contributed by atoms with Gasteiger partial charge < -0.3 is 15.2 Å². The van der Waals surface area contributed by atoms with Crippen LogP contribution in [0.25, 0.3) is 6.08 Å². The smallest absolute Gasteiger partial charge is 0.319 e. The van der Waals surface area contributed by atoms with Crippen molar-refractivity contribution in [2.24, 2.45) is 5.73 Å². The highest BCUT2D eigenvalue weighted by molar-refractivity contribution is 6.32. The Bertz CT molecular complexity index is 1070. The number of ether oxygens (including phenoxy) is 2. The highest BCUT2D eigenvalue weighted by Gasteiger charge is 2.15. The lowest BCUT2D eigenvalue weighted by atomic mass is 10.1. The van der Waals surface area contributed by atoms with Crippen molar-refractivity contribution in [1.82, 2.24) is 5.32 Å². The van der Waals surface area contributed by atoms with E-state index in [4.69, 9.17) is 37.3 Å². The molecule has 8 nitrogen and oxygen atoms in total. The number of urea groups is 1. The molecule has 146 valence electrons. The molecule has 2 rings (SSSR count). The first-order valence-electron chi connectivity index (χ1n) is 8.10. The Labute approximate surface area is 171 Å². The fourth-order valence-electron chi connectivity index (χ4n) is 2.36. The van der Waals surface area contributed by atoms with Crippen molar-refractivity contribution in [3.63, 3.8) is 0 Å². The van der Waals surface area contributed by atoms with Crippen LogP contribution < -0.4 is 20.5 Å². The molecule has 0 atom stereocenters. The minimum atomic E-state index is -1.08. The number of hydrogen-bond acceptors (Lipinski definition) is 6. The average molecular weight is 411 g/mol. The third kappa shape index (κ3) is 5.48. The zero-order valence-electron chi connectivity index (χ0n) is 15.2. The summed E-state index contributed by atoms with van der Waals surface area (Å²) in [7, 11) is 1.40. The van der Waals surface area contributed by atoms with Crippen LogP contribution in [-0.2, 0) is 11.4 Å². The molecule has 0 unspecified atom stereocenters. The Balaban J connectivity index is 2.33.